The second-order valence-electron chi connectivity index (χ2n) is 6.79. The maximum Gasteiger partial charge on any atom is 0.137 e. The molecule has 106 valence electrons. The smallest absolute Gasteiger partial charge is 0.137 e. The van der Waals surface area contributed by atoms with Gasteiger partial charge in [-0.15, -0.1) is 0 Å². The molecule has 0 bridgehead atoms. The summed E-state index contributed by atoms with van der Waals surface area (Å²) in [5.41, 5.74) is 7.88. The van der Waals surface area contributed by atoms with E-state index in [9.17, 15) is 4.39 Å². The van der Waals surface area contributed by atoms with Gasteiger partial charge in [0.2, 0.25) is 0 Å². The van der Waals surface area contributed by atoms with Gasteiger partial charge < -0.3 is 5.73 Å². The Bertz CT molecular complexity index is 446. The molecule has 1 saturated carbocycles. The van der Waals surface area contributed by atoms with E-state index in [1.807, 2.05) is 12.1 Å². The molecule has 0 atom stereocenters. The van der Waals surface area contributed by atoms with Crippen LogP contribution in [0.25, 0.3) is 0 Å². The first-order valence-electron chi connectivity index (χ1n) is 7.00. The Morgan fingerprint density at radius 3 is 2.37 bits per heavy atom. The summed E-state index contributed by atoms with van der Waals surface area (Å²) in [5.74, 6) is -0.199. The van der Waals surface area contributed by atoms with E-state index in [1.54, 1.807) is 0 Å². The fourth-order valence-electron chi connectivity index (χ4n) is 2.99. The first kappa shape index (κ1) is 15.0. The molecule has 1 aliphatic carbocycles. The van der Waals surface area contributed by atoms with Gasteiger partial charge in [0.15, 0.2) is 0 Å². The molecule has 0 aliphatic heterocycles. The molecule has 0 amide bonds. The second-order valence-corrected chi connectivity index (χ2v) is 7.65. The molecule has 0 radical (unpaired) electrons. The van der Waals surface area contributed by atoms with E-state index in [-0.39, 0.29) is 11.2 Å². The lowest BCUT2D eigenvalue weighted by Gasteiger charge is -2.43. The first-order chi connectivity index (χ1) is 8.86. The molecule has 2 N–H and O–H groups in total. The van der Waals surface area contributed by atoms with Crippen LogP contribution in [0.15, 0.2) is 22.7 Å². The summed E-state index contributed by atoms with van der Waals surface area (Å²) in [6.07, 6.45) is 5.76. The van der Waals surface area contributed by atoms with Crippen LogP contribution < -0.4 is 5.73 Å². The molecule has 1 nitrogen and oxygen atoms in total. The van der Waals surface area contributed by atoms with Gasteiger partial charge >= 0.3 is 0 Å². The molecule has 3 heteroatoms. The molecule has 1 fully saturated rings. The van der Waals surface area contributed by atoms with E-state index in [0.717, 1.165) is 13.0 Å². The summed E-state index contributed by atoms with van der Waals surface area (Å²) in [7, 11) is 0. The van der Waals surface area contributed by atoms with Crippen molar-refractivity contribution in [3.8, 4) is 0 Å². The SMILES string of the molecule is CC1(C)CCC(CN)(Cc2ccc(F)c(Br)c2)CC1. The van der Waals surface area contributed by atoms with Gasteiger partial charge in [0, 0.05) is 0 Å². The molecule has 0 aromatic heterocycles. The lowest BCUT2D eigenvalue weighted by Crippen LogP contribution is -2.38. The highest BCUT2D eigenvalue weighted by molar-refractivity contribution is 9.10. The van der Waals surface area contributed by atoms with E-state index in [4.69, 9.17) is 5.73 Å². The first-order valence-corrected chi connectivity index (χ1v) is 7.79. The fourth-order valence-corrected chi connectivity index (χ4v) is 3.42. The van der Waals surface area contributed by atoms with Crippen molar-refractivity contribution in [1.29, 1.82) is 0 Å². The lowest BCUT2D eigenvalue weighted by atomic mass is 9.63. The Kier molecular flexibility index (Phi) is 4.36. The minimum Gasteiger partial charge on any atom is -0.330 e. The normalized spacial score (nSPS) is 21.3. The molecule has 2 rings (SSSR count). The van der Waals surface area contributed by atoms with E-state index in [2.05, 4.69) is 29.8 Å². The molecule has 19 heavy (non-hydrogen) atoms. The number of halogens is 2. The molecule has 1 aliphatic rings. The quantitative estimate of drug-likeness (QED) is 0.857. The Morgan fingerprint density at radius 2 is 1.84 bits per heavy atom. The largest absolute Gasteiger partial charge is 0.330 e. The number of rotatable bonds is 3. The zero-order valence-corrected chi connectivity index (χ0v) is 13.4. The van der Waals surface area contributed by atoms with Gasteiger partial charge in [0.05, 0.1) is 4.47 Å². The minimum absolute atomic E-state index is 0.199. The average Bonchev–Trinajstić information content (AvgIpc) is 2.37. The second kappa shape index (κ2) is 5.53. The summed E-state index contributed by atoms with van der Waals surface area (Å²) < 4.78 is 13.8. The summed E-state index contributed by atoms with van der Waals surface area (Å²) in [4.78, 5) is 0. The van der Waals surface area contributed by atoms with Gasteiger partial charge in [-0.1, -0.05) is 19.9 Å². The highest BCUT2D eigenvalue weighted by Crippen LogP contribution is 2.46. The van der Waals surface area contributed by atoms with Gasteiger partial charge in [0.1, 0.15) is 5.82 Å². The zero-order valence-electron chi connectivity index (χ0n) is 11.8. The minimum atomic E-state index is -0.199. The van der Waals surface area contributed by atoms with Gasteiger partial charge in [-0.2, -0.15) is 0 Å². The van der Waals surface area contributed by atoms with Crippen LogP contribution in [0.3, 0.4) is 0 Å². The summed E-state index contributed by atoms with van der Waals surface area (Å²) in [6.45, 7) is 5.39. The van der Waals surface area contributed by atoms with Crippen molar-refractivity contribution in [3.05, 3.63) is 34.1 Å². The van der Waals surface area contributed by atoms with Crippen LogP contribution in [0.4, 0.5) is 4.39 Å². The van der Waals surface area contributed by atoms with E-state index >= 15 is 0 Å². The fraction of sp³-hybridized carbons (Fsp3) is 0.625. The van der Waals surface area contributed by atoms with Crippen LogP contribution >= 0.6 is 15.9 Å². The number of nitrogens with two attached hydrogens (primary N) is 1. The van der Waals surface area contributed by atoms with Crippen LogP contribution in [-0.4, -0.2) is 6.54 Å². The Morgan fingerprint density at radius 1 is 1.21 bits per heavy atom. The average molecular weight is 328 g/mol. The molecule has 0 heterocycles. The van der Waals surface area contributed by atoms with E-state index < -0.39 is 0 Å². The Balaban J connectivity index is 2.13. The molecule has 1 aromatic carbocycles. The maximum atomic E-state index is 13.3. The zero-order chi connectivity index (χ0) is 14.1. The molecule has 0 saturated heterocycles. The standard InChI is InChI=1S/C16H23BrFN/c1-15(2)5-7-16(11-19,8-6-15)10-12-3-4-14(18)13(17)9-12/h3-4,9H,5-8,10-11,19H2,1-2H3. The summed E-state index contributed by atoms with van der Waals surface area (Å²) in [5, 5.41) is 0. The van der Waals surface area contributed by atoms with Crippen LogP contribution in [-0.2, 0) is 6.42 Å². The topological polar surface area (TPSA) is 26.0 Å². The molecular formula is C16H23BrFN. The predicted molar refractivity (Wildman–Crippen MR) is 81.5 cm³/mol. The van der Waals surface area contributed by atoms with Gasteiger partial charge in [-0.25, -0.2) is 4.39 Å². The third-order valence-corrected chi connectivity index (χ3v) is 5.27. The third kappa shape index (κ3) is 3.57. The van der Waals surface area contributed by atoms with Gasteiger partial charge in [0.25, 0.3) is 0 Å². The molecule has 0 spiro atoms. The lowest BCUT2D eigenvalue weighted by molar-refractivity contribution is 0.108. The van der Waals surface area contributed by atoms with Crippen molar-refractivity contribution in [2.45, 2.75) is 46.0 Å². The Hall–Kier alpha value is -0.410. The molecule has 1 aromatic rings. The third-order valence-electron chi connectivity index (χ3n) is 4.66. The highest BCUT2D eigenvalue weighted by Gasteiger charge is 2.37. The maximum absolute atomic E-state index is 13.3. The number of benzene rings is 1. The van der Waals surface area contributed by atoms with Crippen molar-refractivity contribution in [1.82, 2.24) is 0 Å². The highest BCUT2D eigenvalue weighted by atomic mass is 79.9. The van der Waals surface area contributed by atoms with Gasteiger partial charge in [-0.3, -0.25) is 0 Å². The van der Waals surface area contributed by atoms with Crippen molar-refractivity contribution in [2.24, 2.45) is 16.6 Å². The van der Waals surface area contributed by atoms with Crippen LogP contribution in [0.2, 0.25) is 0 Å². The van der Waals surface area contributed by atoms with Crippen LogP contribution in [0.5, 0.6) is 0 Å². The van der Waals surface area contributed by atoms with E-state index in [1.165, 1.54) is 37.3 Å². The number of hydrogen-bond acceptors (Lipinski definition) is 1. The van der Waals surface area contributed by atoms with Crippen LogP contribution in [0, 0.1) is 16.6 Å². The Labute approximate surface area is 123 Å². The predicted octanol–water partition coefficient (Wildman–Crippen LogP) is 4.68. The van der Waals surface area contributed by atoms with Crippen molar-refractivity contribution in [3.63, 3.8) is 0 Å². The van der Waals surface area contributed by atoms with Crippen molar-refractivity contribution < 1.29 is 4.39 Å². The van der Waals surface area contributed by atoms with Crippen molar-refractivity contribution in [2.75, 3.05) is 6.54 Å². The number of hydrogen-bond donors (Lipinski definition) is 1. The van der Waals surface area contributed by atoms with Crippen molar-refractivity contribution >= 4 is 15.9 Å². The van der Waals surface area contributed by atoms with Crippen LogP contribution in [0.1, 0.15) is 45.1 Å². The van der Waals surface area contributed by atoms with E-state index in [0.29, 0.717) is 9.89 Å². The molecule has 0 unspecified atom stereocenters. The summed E-state index contributed by atoms with van der Waals surface area (Å²) in [6, 6.07) is 5.32. The summed E-state index contributed by atoms with van der Waals surface area (Å²) >= 11 is 3.26. The molecular weight excluding hydrogens is 305 g/mol. The monoisotopic (exact) mass is 327 g/mol. The van der Waals surface area contributed by atoms with Gasteiger partial charge in [-0.05, 0) is 83.1 Å².